The third-order valence-corrected chi connectivity index (χ3v) is 3.89. The number of benzene rings is 2. The number of hydrogen-bond donors (Lipinski definition) is 0. The highest BCUT2D eigenvalue weighted by Gasteiger charge is 2.08. The molecule has 0 aliphatic heterocycles. The predicted octanol–water partition coefficient (Wildman–Crippen LogP) is 3.84. The molecule has 0 saturated heterocycles. The van der Waals surface area contributed by atoms with Crippen LogP contribution in [0.1, 0.15) is 29.2 Å². The van der Waals surface area contributed by atoms with E-state index in [-0.39, 0.29) is 6.61 Å². The van der Waals surface area contributed by atoms with Crippen LogP contribution in [0, 0.1) is 0 Å². The number of hydrogen-bond acceptors (Lipinski definition) is 4. The van der Waals surface area contributed by atoms with Crippen molar-refractivity contribution in [2.24, 2.45) is 0 Å². The monoisotopic (exact) mass is 380 g/mol. The summed E-state index contributed by atoms with van der Waals surface area (Å²) in [5.41, 5.74) is 13.2. The molecule has 2 rings (SSSR count). The molecule has 0 N–H and O–H groups in total. The van der Waals surface area contributed by atoms with Gasteiger partial charge in [-0.25, -0.2) is 4.79 Å². The molecular formula is C22H24N2O4. The lowest BCUT2D eigenvalue weighted by Crippen LogP contribution is -2.08. The number of nitrogens with zero attached hydrogens (tertiary/aromatic N) is 2. The molecule has 0 unspecified atom stereocenters. The number of carbonyl (C=O) groups is 1. The second-order valence-corrected chi connectivity index (χ2v) is 6.33. The maximum absolute atomic E-state index is 11.3. The Bertz CT molecular complexity index is 857. The molecule has 0 radical (unpaired) electrons. The van der Waals surface area contributed by atoms with Crippen LogP contribution in [0.4, 0.5) is 0 Å². The second kappa shape index (κ2) is 11.6. The molecular weight excluding hydrogens is 356 g/mol. The Balaban J connectivity index is 1.92. The minimum atomic E-state index is -0.707. The van der Waals surface area contributed by atoms with Crippen molar-refractivity contribution >= 4 is 12.2 Å². The zero-order chi connectivity index (χ0) is 20.2. The van der Waals surface area contributed by atoms with Gasteiger partial charge in [-0.1, -0.05) is 60.7 Å². The summed E-state index contributed by atoms with van der Waals surface area (Å²) in [5, 5.41) is 0. The van der Waals surface area contributed by atoms with Crippen LogP contribution in [0.3, 0.4) is 0 Å². The summed E-state index contributed by atoms with van der Waals surface area (Å²) in [6.07, 6.45) is 0.714. The van der Waals surface area contributed by atoms with Gasteiger partial charge in [0.05, 0.1) is 26.4 Å². The van der Waals surface area contributed by atoms with Crippen molar-refractivity contribution in [3.8, 4) is 0 Å². The molecule has 146 valence electrons. The van der Waals surface area contributed by atoms with Gasteiger partial charge in [0.2, 0.25) is 0 Å². The average molecular weight is 380 g/mol. The minimum absolute atomic E-state index is 0.0791. The lowest BCUT2D eigenvalue weighted by Gasteiger charge is -2.12. The molecule has 2 aromatic carbocycles. The molecule has 0 amide bonds. The van der Waals surface area contributed by atoms with E-state index in [0.29, 0.717) is 32.6 Å². The highest BCUT2D eigenvalue weighted by molar-refractivity contribution is 6.20. The summed E-state index contributed by atoms with van der Waals surface area (Å²) in [4.78, 5) is 14.0. The molecule has 0 aliphatic carbocycles. The normalized spacial score (nSPS) is 10.2. The zero-order valence-electron chi connectivity index (χ0n) is 16.0. The average Bonchev–Trinajstić information content (AvgIpc) is 2.68. The van der Waals surface area contributed by atoms with Gasteiger partial charge in [-0.05, 0) is 29.2 Å². The Morgan fingerprint density at radius 1 is 0.929 bits per heavy atom. The molecule has 0 heterocycles. The molecule has 6 heteroatoms. The number of esters is 1. The maximum Gasteiger partial charge on any atom is 0.413 e. The van der Waals surface area contributed by atoms with E-state index in [1.807, 2.05) is 55.5 Å². The highest BCUT2D eigenvalue weighted by Crippen LogP contribution is 2.16. The quantitative estimate of drug-likeness (QED) is 0.195. The van der Waals surface area contributed by atoms with E-state index in [2.05, 4.69) is 11.4 Å². The fourth-order valence-corrected chi connectivity index (χ4v) is 2.52. The smallest absolute Gasteiger partial charge is 0.413 e. The van der Waals surface area contributed by atoms with E-state index in [1.165, 1.54) is 0 Å². The van der Waals surface area contributed by atoms with Crippen LogP contribution in [-0.4, -0.2) is 23.6 Å². The first-order valence-corrected chi connectivity index (χ1v) is 8.87. The Morgan fingerprint density at radius 2 is 1.39 bits per heavy atom. The molecule has 2 aromatic rings. The van der Waals surface area contributed by atoms with E-state index >= 15 is 0 Å². The standard InChI is InChI=1S/C22H24N2O4/c1-17(2)12-26-13-18-7-3-4-8-19(18)14-27-15-20-9-5-6-10-21(20)16-28-22(25)11-24-23/h3-11H,1,12-16H2,2H3. The van der Waals surface area contributed by atoms with Crippen LogP contribution < -0.4 is 0 Å². The van der Waals surface area contributed by atoms with E-state index in [9.17, 15) is 4.79 Å². The molecule has 6 nitrogen and oxygen atoms in total. The molecule has 0 saturated carbocycles. The Kier molecular flexibility index (Phi) is 8.82. The van der Waals surface area contributed by atoms with Crippen LogP contribution in [0.5, 0.6) is 0 Å². The fourth-order valence-electron chi connectivity index (χ4n) is 2.52. The minimum Gasteiger partial charge on any atom is -0.452 e. The molecule has 28 heavy (non-hydrogen) atoms. The predicted molar refractivity (Wildman–Crippen MR) is 105 cm³/mol. The molecule has 0 aromatic heterocycles. The molecule has 0 fully saturated rings. The number of rotatable bonds is 11. The first-order valence-electron chi connectivity index (χ1n) is 8.87. The van der Waals surface area contributed by atoms with E-state index in [4.69, 9.17) is 19.7 Å². The first-order chi connectivity index (χ1) is 13.6. The number of carbonyl (C=O) groups excluding carboxylic acids is 1. The summed E-state index contributed by atoms with van der Waals surface area (Å²) in [6.45, 7) is 7.70. The van der Waals surface area contributed by atoms with Crippen molar-refractivity contribution in [3.05, 3.63) is 88.5 Å². The Labute approximate surface area is 165 Å². The molecule has 0 aliphatic rings. The fraction of sp³-hybridized carbons (Fsp3) is 0.273. The maximum atomic E-state index is 11.3. The Hall–Kier alpha value is -3.05. The summed E-state index contributed by atoms with van der Waals surface area (Å²) in [7, 11) is 0. The third-order valence-electron chi connectivity index (χ3n) is 3.89. The lowest BCUT2D eigenvalue weighted by atomic mass is 10.1. The van der Waals surface area contributed by atoms with Gasteiger partial charge in [-0.2, -0.15) is 4.79 Å². The van der Waals surface area contributed by atoms with Gasteiger partial charge >= 0.3 is 12.2 Å². The van der Waals surface area contributed by atoms with Crippen molar-refractivity contribution in [1.29, 1.82) is 0 Å². The van der Waals surface area contributed by atoms with Crippen molar-refractivity contribution in [2.75, 3.05) is 6.61 Å². The Morgan fingerprint density at radius 3 is 1.86 bits per heavy atom. The van der Waals surface area contributed by atoms with Crippen molar-refractivity contribution in [3.63, 3.8) is 0 Å². The highest BCUT2D eigenvalue weighted by atomic mass is 16.5. The zero-order valence-corrected chi connectivity index (χ0v) is 16.0. The second-order valence-electron chi connectivity index (χ2n) is 6.33. The van der Waals surface area contributed by atoms with Crippen LogP contribution in [0.2, 0.25) is 0 Å². The number of ether oxygens (including phenoxy) is 3. The summed E-state index contributed by atoms with van der Waals surface area (Å²) in [5.74, 6) is -0.707. The summed E-state index contributed by atoms with van der Waals surface area (Å²) >= 11 is 0. The van der Waals surface area contributed by atoms with E-state index in [0.717, 1.165) is 27.8 Å². The van der Waals surface area contributed by atoms with Gasteiger partial charge in [-0.15, -0.1) is 0 Å². The lowest BCUT2D eigenvalue weighted by molar-refractivity contribution is -0.140. The van der Waals surface area contributed by atoms with Gasteiger partial charge < -0.3 is 19.7 Å². The van der Waals surface area contributed by atoms with Gasteiger partial charge in [0, 0.05) is 0 Å². The van der Waals surface area contributed by atoms with Crippen LogP contribution in [0.15, 0.2) is 60.7 Å². The van der Waals surface area contributed by atoms with Gasteiger partial charge in [0.1, 0.15) is 6.61 Å². The van der Waals surface area contributed by atoms with Crippen molar-refractivity contribution in [1.82, 2.24) is 0 Å². The van der Waals surface area contributed by atoms with Crippen LogP contribution in [-0.2, 0) is 45.4 Å². The molecule has 0 atom stereocenters. The van der Waals surface area contributed by atoms with Gasteiger partial charge in [-0.3, -0.25) is 0 Å². The van der Waals surface area contributed by atoms with Gasteiger partial charge in [0.25, 0.3) is 0 Å². The topological polar surface area (TPSA) is 81.2 Å². The van der Waals surface area contributed by atoms with Crippen molar-refractivity contribution < 1.29 is 23.8 Å². The first kappa shape index (κ1) is 21.3. The van der Waals surface area contributed by atoms with Crippen LogP contribution >= 0.6 is 0 Å². The summed E-state index contributed by atoms with van der Waals surface area (Å²) in [6, 6.07) is 15.5. The van der Waals surface area contributed by atoms with Gasteiger partial charge in [0.15, 0.2) is 0 Å². The SMILES string of the molecule is C=C(C)COCc1ccccc1COCc1ccccc1COC(=O)C=[N+]=[N-]. The summed E-state index contributed by atoms with van der Waals surface area (Å²) < 4.78 is 16.6. The van der Waals surface area contributed by atoms with Crippen molar-refractivity contribution in [2.45, 2.75) is 33.4 Å². The molecule has 0 bridgehead atoms. The van der Waals surface area contributed by atoms with E-state index in [1.54, 1.807) is 0 Å². The third kappa shape index (κ3) is 7.29. The largest absolute Gasteiger partial charge is 0.452 e. The molecule has 0 spiro atoms. The van der Waals surface area contributed by atoms with Crippen LogP contribution in [0.25, 0.3) is 5.53 Å². The van der Waals surface area contributed by atoms with E-state index < -0.39 is 5.97 Å².